The maximum absolute atomic E-state index is 10.7. The molecule has 0 saturated carbocycles. The lowest BCUT2D eigenvalue weighted by molar-refractivity contribution is -0.385. The fourth-order valence-electron chi connectivity index (χ4n) is 1.27. The molecule has 0 spiro atoms. The summed E-state index contributed by atoms with van der Waals surface area (Å²) in [5, 5.41) is 10.7. The molecule has 0 aliphatic rings. The minimum absolute atomic E-state index is 0.0157. The SMILES string of the molecule is CC(=O)SCC=Cc1ccc(C=O)c([N+](=O)[O-])c1. The van der Waals surface area contributed by atoms with E-state index >= 15 is 0 Å². The Morgan fingerprint density at radius 3 is 2.78 bits per heavy atom. The maximum atomic E-state index is 10.7. The Kier molecular flexibility index (Phi) is 5.26. The van der Waals surface area contributed by atoms with E-state index in [9.17, 15) is 19.7 Å². The Bertz CT molecular complexity index is 511. The van der Waals surface area contributed by atoms with Gasteiger partial charge in [0, 0.05) is 18.7 Å². The van der Waals surface area contributed by atoms with Gasteiger partial charge in [-0.25, -0.2) is 0 Å². The van der Waals surface area contributed by atoms with Crippen LogP contribution in [0.5, 0.6) is 0 Å². The molecule has 0 bridgehead atoms. The van der Waals surface area contributed by atoms with Crippen molar-refractivity contribution in [1.82, 2.24) is 0 Å². The molecule has 0 amide bonds. The van der Waals surface area contributed by atoms with Gasteiger partial charge in [-0.15, -0.1) is 0 Å². The predicted octanol–water partition coefficient (Wildman–Crippen LogP) is 2.70. The number of hydrogen-bond acceptors (Lipinski definition) is 5. The Hall–Kier alpha value is -1.95. The highest BCUT2D eigenvalue weighted by Crippen LogP contribution is 2.19. The molecule has 0 heterocycles. The lowest BCUT2D eigenvalue weighted by Crippen LogP contribution is -1.94. The Labute approximate surface area is 108 Å². The number of carbonyl (C=O) groups is 2. The van der Waals surface area contributed by atoms with Crippen LogP contribution in [0.25, 0.3) is 6.08 Å². The standard InChI is InChI=1S/C12H11NO4S/c1-9(15)18-6-2-3-10-4-5-11(8-14)12(7-10)13(16)17/h2-5,7-8H,6H2,1H3. The first kappa shape index (κ1) is 14.1. The minimum atomic E-state index is -0.592. The first-order chi connectivity index (χ1) is 8.54. The normalized spacial score (nSPS) is 10.5. The number of aldehydes is 1. The number of rotatable bonds is 5. The second-order valence-electron chi connectivity index (χ2n) is 3.40. The van der Waals surface area contributed by atoms with Gasteiger partial charge in [0.1, 0.15) is 0 Å². The van der Waals surface area contributed by atoms with Gasteiger partial charge in [-0.05, 0) is 11.6 Å². The average Bonchev–Trinajstić information content (AvgIpc) is 2.34. The van der Waals surface area contributed by atoms with Crippen LogP contribution < -0.4 is 0 Å². The summed E-state index contributed by atoms with van der Waals surface area (Å²) in [6.45, 7) is 1.47. The summed E-state index contributed by atoms with van der Waals surface area (Å²) in [6, 6.07) is 4.35. The summed E-state index contributed by atoms with van der Waals surface area (Å²) in [5.41, 5.74) is 0.457. The van der Waals surface area contributed by atoms with Crippen LogP contribution in [0, 0.1) is 10.1 Å². The molecule has 5 nitrogen and oxygen atoms in total. The third-order valence-electron chi connectivity index (χ3n) is 2.07. The van der Waals surface area contributed by atoms with E-state index < -0.39 is 4.92 Å². The van der Waals surface area contributed by atoms with Crippen molar-refractivity contribution in [2.75, 3.05) is 5.75 Å². The van der Waals surface area contributed by atoms with Crippen LogP contribution in [0.15, 0.2) is 24.3 Å². The van der Waals surface area contributed by atoms with Crippen molar-refractivity contribution in [1.29, 1.82) is 0 Å². The van der Waals surface area contributed by atoms with Crippen molar-refractivity contribution < 1.29 is 14.5 Å². The van der Waals surface area contributed by atoms with Crippen molar-refractivity contribution in [2.45, 2.75) is 6.92 Å². The van der Waals surface area contributed by atoms with Gasteiger partial charge in [0.2, 0.25) is 0 Å². The molecule has 18 heavy (non-hydrogen) atoms. The van der Waals surface area contributed by atoms with Gasteiger partial charge in [0.15, 0.2) is 11.4 Å². The minimum Gasteiger partial charge on any atom is -0.298 e. The van der Waals surface area contributed by atoms with Gasteiger partial charge >= 0.3 is 0 Å². The summed E-state index contributed by atoms with van der Waals surface area (Å²) >= 11 is 1.15. The van der Waals surface area contributed by atoms with Crippen molar-refractivity contribution in [2.24, 2.45) is 0 Å². The Balaban J connectivity index is 2.85. The zero-order valence-electron chi connectivity index (χ0n) is 9.66. The van der Waals surface area contributed by atoms with Crippen LogP contribution in [0.2, 0.25) is 0 Å². The summed E-state index contributed by atoms with van der Waals surface area (Å²) in [7, 11) is 0. The smallest absolute Gasteiger partial charge is 0.280 e. The largest absolute Gasteiger partial charge is 0.298 e. The molecule has 0 aliphatic heterocycles. The zero-order valence-corrected chi connectivity index (χ0v) is 10.5. The third-order valence-corrected chi connectivity index (χ3v) is 2.84. The maximum Gasteiger partial charge on any atom is 0.280 e. The number of thioether (sulfide) groups is 1. The van der Waals surface area contributed by atoms with E-state index in [1.54, 1.807) is 18.2 Å². The second kappa shape index (κ2) is 6.70. The number of nitro groups is 1. The molecule has 0 N–H and O–H groups in total. The van der Waals surface area contributed by atoms with E-state index in [0.29, 0.717) is 17.6 Å². The molecule has 1 rings (SSSR count). The topological polar surface area (TPSA) is 77.3 Å². The van der Waals surface area contributed by atoms with Gasteiger partial charge in [-0.3, -0.25) is 19.7 Å². The van der Waals surface area contributed by atoms with E-state index in [4.69, 9.17) is 0 Å². The fourth-order valence-corrected chi connectivity index (χ4v) is 1.70. The molecule has 0 fully saturated rings. The molecule has 1 aromatic carbocycles. The molecule has 0 atom stereocenters. The van der Waals surface area contributed by atoms with Crippen molar-refractivity contribution in [3.63, 3.8) is 0 Å². The lowest BCUT2D eigenvalue weighted by atomic mass is 10.1. The lowest BCUT2D eigenvalue weighted by Gasteiger charge is -1.97. The molecule has 94 valence electrons. The van der Waals surface area contributed by atoms with E-state index in [0.717, 1.165) is 11.8 Å². The monoisotopic (exact) mass is 265 g/mol. The Morgan fingerprint density at radius 1 is 1.50 bits per heavy atom. The molecular weight excluding hydrogens is 254 g/mol. The summed E-state index contributed by atoms with van der Waals surface area (Å²) < 4.78 is 0. The molecule has 0 radical (unpaired) electrons. The number of hydrogen-bond donors (Lipinski definition) is 0. The average molecular weight is 265 g/mol. The van der Waals surface area contributed by atoms with Gasteiger partial charge in [-0.1, -0.05) is 30.0 Å². The van der Waals surface area contributed by atoms with Crippen LogP contribution in [0.4, 0.5) is 5.69 Å². The molecule has 0 unspecified atom stereocenters. The highest BCUT2D eigenvalue weighted by atomic mass is 32.2. The first-order valence-electron chi connectivity index (χ1n) is 5.08. The first-order valence-corrected chi connectivity index (χ1v) is 6.06. The van der Waals surface area contributed by atoms with E-state index in [-0.39, 0.29) is 16.4 Å². The second-order valence-corrected chi connectivity index (χ2v) is 4.60. The van der Waals surface area contributed by atoms with Crippen LogP contribution in [-0.4, -0.2) is 22.1 Å². The molecule has 0 aliphatic carbocycles. The van der Waals surface area contributed by atoms with Gasteiger partial charge in [0.05, 0.1) is 10.5 Å². The predicted molar refractivity (Wildman–Crippen MR) is 70.7 cm³/mol. The highest BCUT2D eigenvalue weighted by molar-refractivity contribution is 8.13. The number of nitrogens with zero attached hydrogens (tertiary/aromatic N) is 1. The molecule has 6 heteroatoms. The fraction of sp³-hybridized carbons (Fsp3) is 0.167. The van der Waals surface area contributed by atoms with Gasteiger partial charge in [-0.2, -0.15) is 0 Å². The van der Waals surface area contributed by atoms with Gasteiger partial charge in [0.25, 0.3) is 5.69 Å². The van der Waals surface area contributed by atoms with Crippen LogP contribution >= 0.6 is 11.8 Å². The van der Waals surface area contributed by atoms with E-state index in [1.807, 2.05) is 0 Å². The zero-order chi connectivity index (χ0) is 13.5. The van der Waals surface area contributed by atoms with E-state index in [2.05, 4.69) is 0 Å². The Morgan fingerprint density at radius 2 is 2.22 bits per heavy atom. The molecule has 1 aromatic rings. The third kappa shape index (κ3) is 4.14. The van der Waals surface area contributed by atoms with Gasteiger partial charge < -0.3 is 0 Å². The summed E-state index contributed by atoms with van der Waals surface area (Å²) in [4.78, 5) is 31.4. The van der Waals surface area contributed by atoms with Crippen molar-refractivity contribution in [3.8, 4) is 0 Å². The molecule has 0 aromatic heterocycles. The molecular formula is C12H11NO4S. The van der Waals surface area contributed by atoms with Crippen LogP contribution in [-0.2, 0) is 4.79 Å². The van der Waals surface area contributed by atoms with E-state index in [1.165, 1.54) is 19.1 Å². The van der Waals surface area contributed by atoms with Crippen LogP contribution in [0.3, 0.4) is 0 Å². The van der Waals surface area contributed by atoms with Crippen molar-refractivity contribution in [3.05, 3.63) is 45.5 Å². The van der Waals surface area contributed by atoms with Crippen LogP contribution in [0.1, 0.15) is 22.8 Å². The van der Waals surface area contributed by atoms with Crippen molar-refractivity contribution >= 4 is 34.9 Å². The number of nitro benzene ring substituents is 1. The molecule has 0 saturated heterocycles. The number of carbonyl (C=O) groups excluding carboxylic acids is 2. The summed E-state index contributed by atoms with van der Waals surface area (Å²) in [6.07, 6.45) is 3.88. The highest BCUT2D eigenvalue weighted by Gasteiger charge is 2.12. The number of benzene rings is 1. The summed E-state index contributed by atoms with van der Waals surface area (Å²) in [5.74, 6) is 0.512. The quantitative estimate of drug-likeness (QED) is 0.464.